The summed E-state index contributed by atoms with van der Waals surface area (Å²) in [6.45, 7) is 6.92. The molecule has 2 N–H and O–H groups in total. The summed E-state index contributed by atoms with van der Waals surface area (Å²) in [6, 6.07) is -0.321. The van der Waals surface area contributed by atoms with Crippen molar-refractivity contribution in [1.29, 1.82) is 0 Å². The first kappa shape index (κ1) is 28.3. The third-order valence-electron chi connectivity index (χ3n) is 4.26. The molecule has 0 aliphatic carbocycles. The minimum Gasteiger partial charge on any atom is -0.351 e. The Morgan fingerprint density at radius 2 is 1.79 bits per heavy atom. The normalized spacial score (nSPS) is 15.6. The number of nitrogens with one attached hydrogen (secondary N) is 1. The first-order valence-electron chi connectivity index (χ1n) is 10.8. The molecular weight excluding hydrogens is 391 g/mol. The standard InChI is InChI=1S/C21H43N2O5P/c1-7-8-9-10-11-12-13-14-21(24)22-20(17-19(2)3)18-28-29(25,26)27-16-15-23(4,5)6/h11-12,19-20H,7-10,13-18H2,1-6H3,(H-,22,24,25,26)/p+1/b12-11+/t20-/m1/s1. The Kier molecular flexibility index (Phi) is 14.8. The molecule has 0 aliphatic heterocycles. The minimum absolute atomic E-state index is 0.0467. The van der Waals surface area contributed by atoms with Gasteiger partial charge in [0, 0.05) is 6.42 Å². The van der Waals surface area contributed by atoms with Crippen LogP contribution in [0.3, 0.4) is 0 Å². The molecular formula is C21H44N2O5P+. The SMILES string of the molecule is CCCCC/C=C/CCC(=O)N[C@@H](COP(=O)(O)OCC[N+](C)(C)C)CC(C)C. The fourth-order valence-corrected chi connectivity index (χ4v) is 3.41. The number of phosphoric ester groups is 1. The van der Waals surface area contributed by atoms with Crippen molar-refractivity contribution in [3.8, 4) is 0 Å². The molecule has 0 aliphatic rings. The number of hydrogen-bond acceptors (Lipinski definition) is 4. The minimum atomic E-state index is -4.13. The number of phosphoric acid groups is 1. The van der Waals surface area contributed by atoms with Gasteiger partial charge in [-0.15, -0.1) is 0 Å². The summed E-state index contributed by atoms with van der Waals surface area (Å²) < 4.78 is 22.9. The van der Waals surface area contributed by atoms with Crippen LogP contribution in [-0.2, 0) is 18.4 Å². The summed E-state index contributed by atoms with van der Waals surface area (Å²) >= 11 is 0. The number of hydrogen-bond donors (Lipinski definition) is 2. The van der Waals surface area contributed by atoms with E-state index in [2.05, 4.69) is 18.3 Å². The third kappa shape index (κ3) is 19.0. The number of nitrogens with zero attached hydrogens (tertiary/aromatic N) is 1. The molecule has 0 aromatic heterocycles. The second kappa shape index (κ2) is 15.1. The Labute approximate surface area is 178 Å². The van der Waals surface area contributed by atoms with Gasteiger partial charge in [-0.05, 0) is 31.6 Å². The zero-order valence-electron chi connectivity index (χ0n) is 19.4. The molecule has 29 heavy (non-hydrogen) atoms. The smallest absolute Gasteiger partial charge is 0.351 e. The molecule has 0 spiro atoms. The van der Waals surface area contributed by atoms with E-state index < -0.39 is 7.82 Å². The molecule has 1 amide bonds. The van der Waals surface area contributed by atoms with Crippen LogP contribution in [0.1, 0.15) is 65.7 Å². The first-order chi connectivity index (χ1) is 13.4. The molecule has 8 heteroatoms. The van der Waals surface area contributed by atoms with Crippen LogP contribution in [0.5, 0.6) is 0 Å². The van der Waals surface area contributed by atoms with Gasteiger partial charge in [-0.1, -0.05) is 45.8 Å². The molecule has 2 atom stereocenters. The predicted octanol–water partition coefficient (Wildman–Crippen LogP) is 4.27. The molecule has 172 valence electrons. The third-order valence-corrected chi connectivity index (χ3v) is 5.24. The lowest BCUT2D eigenvalue weighted by molar-refractivity contribution is -0.870. The molecule has 0 aromatic rings. The Hall–Kier alpha value is -0.720. The zero-order chi connectivity index (χ0) is 22.3. The van der Waals surface area contributed by atoms with Crippen LogP contribution in [0.2, 0.25) is 0 Å². The van der Waals surface area contributed by atoms with Crippen LogP contribution < -0.4 is 5.32 Å². The Balaban J connectivity index is 4.36. The zero-order valence-corrected chi connectivity index (χ0v) is 20.2. The van der Waals surface area contributed by atoms with E-state index in [4.69, 9.17) is 9.05 Å². The number of quaternary nitrogens is 1. The second-order valence-corrected chi connectivity index (χ2v) is 10.5. The van der Waals surface area contributed by atoms with Gasteiger partial charge < -0.3 is 14.7 Å². The molecule has 0 saturated carbocycles. The number of likely N-dealkylation sites (N-methyl/N-ethyl adjacent to an activating group) is 1. The fourth-order valence-electron chi connectivity index (χ4n) is 2.65. The van der Waals surface area contributed by atoms with Gasteiger partial charge in [0.25, 0.3) is 0 Å². The van der Waals surface area contributed by atoms with Crippen molar-refractivity contribution in [2.75, 3.05) is 40.9 Å². The summed E-state index contributed by atoms with van der Waals surface area (Å²) in [5.41, 5.74) is 0. The average Bonchev–Trinajstić information content (AvgIpc) is 2.57. The molecule has 0 bridgehead atoms. The van der Waals surface area contributed by atoms with Crippen molar-refractivity contribution in [1.82, 2.24) is 5.32 Å². The van der Waals surface area contributed by atoms with E-state index in [1.807, 2.05) is 41.1 Å². The summed E-state index contributed by atoms with van der Waals surface area (Å²) in [5.74, 6) is 0.246. The molecule has 0 saturated heterocycles. The lowest BCUT2D eigenvalue weighted by Crippen LogP contribution is -2.39. The summed E-state index contributed by atoms with van der Waals surface area (Å²) in [5, 5.41) is 2.92. The molecule has 0 fully saturated rings. The van der Waals surface area contributed by atoms with Crippen molar-refractivity contribution in [2.24, 2.45) is 5.92 Å². The monoisotopic (exact) mass is 435 g/mol. The molecule has 0 aromatic carbocycles. The Bertz CT molecular complexity index is 518. The van der Waals surface area contributed by atoms with Crippen LogP contribution in [0.15, 0.2) is 12.2 Å². The number of carbonyl (C=O) groups is 1. The van der Waals surface area contributed by atoms with Gasteiger partial charge in [-0.25, -0.2) is 4.57 Å². The maximum atomic E-state index is 12.2. The quantitative estimate of drug-likeness (QED) is 0.154. The van der Waals surface area contributed by atoms with Gasteiger partial charge in [0.05, 0.1) is 33.8 Å². The largest absolute Gasteiger partial charge is 0.472 e. The molecule has 7 nitrogen and oxygen atoms in total. The molecule has 1 unspecified atom stereocenters. The highest BCUT2D eigenvalue weighted by Crippen LogP contribution is 2.43. The lowest BCUT2D eigenvalue weighted by atomic mass is 10.0. The molecule has 0 rings (SSSR count). The van der Waals surface area contributed by atoms with Crippen LogP contribution in [0.25, 0.3) is 0 Å². The summed E-state index contributed by atoms with van der Waals surface area (Å²) in [7, 11) is 1.79. The highest BCUT2D eigenvalue weighted by molar-refractivity contribution is 7.47. The van der Waals surface area contributed by atoms with Crippen LogP contribution in [0.4, 0.5) is 0 Å². The van der Waals surface area contributed by atoms with E-state index in [1.165, 1.54) is 19.3 Å². The van der Waals surface area contributed by atoms with E-state index in [0.717, 1.165) is 6.42 Å². The van der Waals surface area contributed by atoms with Gasteiger partial charge in [0.15, 0.2) is 0 Å². The number of rotatable bonds is 17. The first-order valence-corrected chi connectivity index (χ1v) is 12.3. The fraction of sp³-hybridized carbons (Fsp3) is 0.857. The number of amides is 1. The van der Waals surface area contributed by atoms with E-state index in [9.17, 15) is 14.3 Å². The van der Waals surface area contributed by atoms with Crippen LogP contribution >= 0.6 is 7.82 Å². The molecule has 0 heterocycles. The van der Waals surface area contributed by atoms with Crippen molar-refractivity contribution >= 4 is 13.7 Å². The van der Waals surface area contributed by atoms with Crippen LogP contribution in [0, 0.1) is 5.92 Å². The maximum absolute atomic E-state index is 12.2. The van der Waals surface area contributed by atoms with Crippen molar-refractivity contribution in [2.45, 2.75) is 71.8 Å². The van der Waals surface area contributed by atoms with Crippen molar-refractivity contribution in [3.05, 3.63) is 12.2 Å². The topological polar surface area (TPSA) is 84.9 Å². The second-order valence-electron chi connectivity index (χ2n) is 9.01. The maximum Gasteiger partial charge on any atom is 0.472 e. The summed E-state index contributed by atoms with van der Waals surface area (Å²) in [4.78, 5) is 22.1. The van der Waals surface area contributed by atoms with Gasteiger partial charge in [0.1, 0.15) is 13.2 Å². The van der Waals surface area contributed by atoms with Crippen LogP contribution in [-0.4, -0.2) is 62.2 Å². The van der Waals surface area contributed by atoms with E-state index in [-0.39, 0.29) is 25.2 Å². The highest BCUT2D eigenvalue weighted by atomic mass is 31.2. The van der Waals surface area contributed by atoms with Crippen molar-refractivity contribution in [3.63, 3.8) is 0 Å². The van der Waals surface area contributed by atoms with Gasteiger partial charge in [-0.2, -0.15) is 0 Å². The predicted molar refractivity (Wildman–Crippen MR) is 119 cm³/mol. The highest BCUT2D eigenvalue weighted by Gasteiger charge is 2.25. The van der Waals surface area contributed by atoms with Gasteiger partial charge in [0.2, 0.25) is 5.91 Å². The Morgan fingerprint density at radius 1 is 1.14 bits per heavy atom. The number of unbranched alkanes of at least 4 members (excludes halogenated alkanes) is 3. The number of allylic oxidation sites excluding steroid dienone is 2. The molecule has 0 radical (unpaired) electrons. The Morgan fingerprint density at radius 3 is 2.38 bits per heavy atom. The summed E-state index contributed by atoms with van der Waals surface area (Å²) in [6.07, 6.45) is 10.6. The van der Waals surface area contributed by atoms with Gasteiger partial charge >= 0.3 is 7.82 Å². The lowest BCUT2D eigenvalue weighted by Gasteiger charge is -2.25. The van der Waals surface area contributed by atoms with E-state index in [0.29, 0.717) is 36.2 Å². The van der Waals surface area contributed by atoms with Crippen molar-refractivity contribution < 1.29 is 27.8 Å². The van der Waals surface area contributed by atoms with Gasteiger partial charge in [-0.3, -0.25) is 13.8 Å². The van der Waals surface area contributed by atoms with E-state index >= 15 is 0 Å². The van der Waals surface area contributed by atoms with E-state index in [1.54, 1.807) is 0 Å². The number of carbonyl (C=O) groups excluding carboxylic acids is 1. The average molecular weight is 436 g/mol.